The van der Waals surface area contributed by atoms with E-state index in [2.05, 4.69) is 206 Å². The molecule has 0 N–H and O–H groups in total. The van der Waals surface area contributed by atoms with E-state index in [1.165, 1.54) is 49.0 Å². The predicted octanol–water partition coefficient (Wildman–Crippen LogP) is 14.9. The van der Waals surface area contributed by atoms with Crippen LogP contribution < -0.4 is 0 Å². The molecule has 290 valence electrons. The van der Waals surface area contributed by atoms with Gasteiger partial charge in [-0.15, -0.1) is 11.3 Å². The molecule has 0 fully saturated rings. The van der Waals surface area contributed by atoms with E-state index in [1.807, 2.05) is 18.3 Å². The summed E-state index contributed by atoms with van der Waals surface area (Å²) in [5, 5.41) is 1.17. The Bertz CT molecular complexity index is 3350. The summed E-state index contributed by atoms with van der Waals surface area (Å²) in [4.78, 5) is 15.8. The van der Waals surface area contributed by atoms with Crippen molar-refractivity contribution >= 4 is 31.6 Å². The molecule has 3 aromatic heterocycles. The van der Waals surface area contributed by atoms with Crippen LogP contribution in [0.15, 0.2) is 225 Å². The maximum Gasteiger partial charge on any atom is 0.161 e. The Hall–Kier alpha value is -7.79. The fraction of sp³-hybridized carbons (Fsp3) is 0.0172. The van der Waals surface area contributed by atoms with Gasteiger partial charge in [-0.2, -0.15) is 0 Å². The summed E-state index contributed by atoms with van der Waals surface area (Å²) >= 11 is 1.79. The van der Waals surface area contributed by atoms with Gasteiger partial charge >= 0.3 is 0 Å². The Kier molecular flexibility index (Phi) is 8.58. The van der Waals surface area contributed by atoms with Crippen molar-refractivity contribution in [2.24, 2.45) is 0 Å². The average Bonchev–Trinajstić information content (AvgIpc) is 3.89. The lowest BCUT2D eigenvalue weighted by Gasteiger charge is -2.34. The van der Waals surface area contributed by atoms with Gasteiger partial charge in [0.1, 0.15) is 0 Å². The number of rotatable bonds is 7. The van der Waals surface area contributed by atoms with Crippen LogP contribution in [0.1, 0.15) is 22.3 Å². The maximum absolute atomic E-state index is 5.43. The standard InChI is InChI=1S/C58H37N3S/c1-5-18-38(19-6-1)51-37-52(39-20-7-2-8-21-39)61-57(60-51)48-36-40(32-33-44(48)45-34-35-59-55-47-27-14-16-31-53(47)62-56(45)55)43-28-17-30-50-54(43)46-26-13-15-29-49(46)58(50,41-22-9-3-10-23-41)42-24-11-4-12-25-42/h1-37H. The molecule has 0 saturated heterocycles. The molecular weight excluding hydrogens is 771 g/mol. The van der Waals surface area contributed by atoms with Gasteiger partial charge in [0, 0.05) is 38.5 Å². The Morgan fingerprint density at radius 1 is 0.387 bits per heavy atom. The van der Waals surface area contributed by atoms with Crippen LogP contribution in [0.5, 0.6) is 0 Å². The molecule has 8 aromatic carbocycles. The van der Waals surface area contributed by atoms with Gasteiger partial charge in [-0.3, -0.25) is 4.98 Å². The van der Waals surface area contributed by atoms with Crippen LogP contribution in [-0.4, -0.2) is 15.0 Å². The van der Waals surface area contributed by atoms with Crippen LogP contribution in [0, 0.1) is 0 Å². The summed E-state index contributed by atoms with van der Waals surface area (Å²) < 4.78 is 2.36. The third-order valence-electron chi connectivity index (χ3n) is 12.5. The van der Waals surface area contributed by atoms with Crippen LogP contribution in [0.4, 0.5) is 0 Å². The van der Waals surface area contributed by atoms with Gasteiger partial charge < -0.3 is 0 Å². The number of thiophene rings is 1. The number of benzene rings is 8. The van der Waals surface area contributed by atoms with E-state index in [0.717, 1.165) is 55.0 Å². The molecule has 62 heavy (non-hydrogen) atoms. The van der Waals surface area contributed by atoms with E-state index < -0.39 is 5.41 Å². The number of pyridine rings is 1. The fourth-order valence-electron chi connectivity index (χ4n) is 9.76. The number of hydrogen-bond donors (Lipinski definition) is 0. The zero-order valence-electron chi connectivity index (χ0n) is 33.6. The van der Waals surface area contributed by atoms with Crippen molar-refractivity contribution in [3.8, 4) is 67.3 Å². The van der Waals surface area contributed by atoms with E-state index in [0.29, 0.717) is 5.82 Å². The molecule has 3 heterocycles. The first kappa shape index (κ1) is 36.1. The van der Waals surface area contributed by atoms with Crippen LogP contribution >= 0.6 is 11.3 Å². The highest BCUT2D eigenvalue weighted by Crippen LogP contribution is 2.58. The molecule has 11 aromatic rings. The molecule has 0 saturated carbocycles. The largest absolute Gasteiger partial charge is 0.255 e. The molecule has 0 atom stereocenters. The molecule has 0 spiro atoms. The van der Waals surface area contributed by atoms with Crippen molar-refractivity contribution in [3.05, 3.63) is 247 Å². The first-order chi connectivity index (χ1) is 30.8. The summed E-state index contributed by atoms with van der Waals surface area (Å²) in [7, 11) is 0. The topological polar surface area (TPSA) is 38.7 Å². The van der Waals surface area contributed by atoms with Crippen LogP contribution in [0.2, 0.25) is 0 Å². The van der Waals surface area contributed by atoms with Gasteiger partial charge in [0.05, 0.1) is 27.0 Å². The minimum atomic E-state index is -0.505. The molecule has 1 aliphatic rings. The monoisotopic (exact) mass is 807 g/mol. The Labute approximate surface area is 364 Å². The van der Waals surface area contributed by atoms with E-state index in [9.17, 15) is 0 Å². The summed E-state index contributed by atoms with van der Waals surface area (Å²) in [6.45, 7) is 0. The second-order valence-corrected chi connectivity index (χ2v) is 16.9. The fourth-order valence-corrected chi connectivity index (χ4v) is 11.0. The van der Waals surface area contributed by atoms with E-state index >= 15 is 0 Å². The highest BCUT2D eigenvalue weighted by molar-refractivity contribution is 7.26. The Morgan fingerprint density at radius 2 is 0.968 bits per heavy atom. The van der Waals surface area contributed by atoms with E-state index in [1.54, 1.807) is 11.3 Å². The first-order valence-electron chi connectivity index (χ1n) is 21.0. The number of hydrogen-bond acceptors (Lipinski definition) is 4. The zero-order chi connectivity index (χ0) is 41.0. The molecule has 1 aliphatic carbocycles. The van der Waals surface area contributed by atoms with Gasteiger partial charge in [0.25, 0.3) is 0 Å². The second-order valence-electron chi connectivity index (χ2n) is 15.8. The first-order valence-corrected chi connectivity index (χ1v) is 21.8. The highest BCUT2D eigenvalue weighted by Gasteiger charge is 2.46. The molecule has 0 amide bonds. The minimum absolute atomic E-state index is 0.505. The molecule has 12 rings (SSSR count). The van der Waals surface area contributed by atoms with Gasteiger partial charge in [0.2, 0.25) is 0 Å². The number of nitrogens with zero attached hydrogens (tertiary/aromatic N) is 3. The molecule has 4 heteroatoms. The average molecular weight is 808 g/mol. The van der Waals surface area contributed by atoms with E-state index in [-0.39, 0.29) is 0 Å². The lowest BCUT2D eigenvalue weighted by atomic mass is 9.67. The predicted molar refractivity (Wildman–Crippen MR) is 257 cm³/mol. The van der Waals surface area contributed by atoms with Crippen molar-refractivity contribution in [1.29, 1.82) is 0 Å². The Balaban J connectivity index is 1.15. The number of aromatic nitrogens is 3. The van der Waals surface area contributed by atoms with Gasteiger partial charge in [-0.05, 0) is 74.3 Å². The summed E-state index contributed by atoms with van der Waals surface area (Å²) in [5.41, 5.74) is 17.3. The van der Waals surface area contributed by atoms with Crippen molar-refractivity contribution in [2.45, 2.75) is 5.41 Å². The summed E-state index contributed by atoms with van der Waals surface area (Å²) in [6.07, 6.45) is 1.94. The second kappa shape index (κ2) is 14.7. The Morgan fingerprint density at radius 3 is 1.66 bits per heavy atom. The summed E-state index contributed by atoms with van der Waals surface area (Å²) in [5.74, 6) is 0.670. The molecular formula is C58H37N3S. The molecule has 0 radical (unpaired) electrons. The molecule has 0 unspecified atom stereocenters. The zero-order valence-corrected chi connectivity index (χ0v) is 34.4. The number of fused-ring (bicyclic) bond motifs is 6. The SMILES string of the molecule is c1ccc(-c2cc(-c3ccccc3)nc(-c3cc(-c4cccc5c4-c4ccccc4C5(c4ccccc4)c4ccccc4)ccc3-c3ccnc4c3sc3ccccc34)n2)cc1. The van der Waals surface area contributed by atoms with Crippen LogP contribution in [0.3, 0.4) is 0 Å². The summed E-state index contributed by atoms with van der Waals surface area (Å²) in [6, 6.07) is 78.4. The van der Waals surface area contributed by atoms with Crippen LogP contribution in [-0.2, 0) is 5.41 Å². The van der Waals surface area contributed by atoms with Gasteiger partial charge in [-0.25, -0.2) is 9.97 Å². The smallest absolute Gasteiger partial charge is 0.161 e. The third kappa shape index (κ3) is 5.68. The lowest BCUT2D eigenvalue weighted by molar-refractivity contribution is 0.768. The maximum atomic E-state index is 5.43. The van der Waals surface area contributed by atoms with Crippen molar-refractivity contribution < 1.29 is 0 Å². The highest BCUT2D eigenvalue weighted by atomic mass is 32.1. The molecule has 0 bridgehead atoms. The molecule has 3 nitrogen and oxygen atoms in total. The minimum Gasteiger partial charge on any atom is -0.255 e. The van der Waals surface area contributed by atoms with E-state index in [4.69, 9.17) is 15.0 Å². The van der Waals surface area contributed by atoms with Crippen molar-refractivity contribution in [2.75, 3.05) is 0 Å². The lowest BCUT2D eigenvalue weighted by Crippen LogP contribution is -2.28. The normalized spacial score (nSPS) is 12.6. The third-order valence-corrected chi connectivity index (χ3v) is 13.7. The van der Waals surface area contributed by atoms with Gasteiger partial charge in [0.15, 0.2) is 5.82 Å². The quantitative estimate of drug-likeness (QED) is 0.161. The van der Waals surface area contributed by atoms with Crippen molar-refractivity contribution in [3.63, 3.8) is 0 Å². The van der Waals surface area contributed by atoms with Crippen molar-refractivity contribution in [1.82, 2.24) is 15.0 Å². The molecule has 0 aliphatic heterocycles. The van der Waals surface area contributed by atoms with Gasteiger partial charge in [-0.1, -0.05) is 194 Å². The van der Waals surface area contributed by atoms with Crippen LogP contribution in [0.25, 0.3) is 87.6 Å².